The summed E-state index contributed by atoms with van der Waals surface area (Å²) >= 11 is 0. The van der Waals surface area contributed by atoms with E-state index in [9.17, 15) is 4.79 Å². The Kier molecular flexibility index (Phi) is 6.36. The second-order valence-corrected chi connectivity index (χ2v) is 6.66. The molecule has 1 heterocycles. The molecule has 0 fully saturated rings. The van der Waals surface area contributed by atoms with Crippen LogP contribution in [0.4, 0.5) is 4.79 Å². The normalized spacial score (nSPS) is 10.7. The molecule has 3 N–H and O–H groups in total. The van der Waals surface area contributed by atoms with Crippen LogP contribution in [-0.2, 0) is 12.8 Å². The third-order valence-electron chi connectivity index (χ3n) is 4.77. The number of amides is 2. The lowest BCUT2D eigenvalue weighted by molar-refractivity contribution is 0.241. The number of H-pyrrole nitrogens is 1. The number of carbonyl (C=O) groups excluding carboxylic acids is 1. The lowest BCUT2D eigenvalue weighted by Crippen LogP contribution is -2.37. The number of benzene rings is 2. The van der Waals surface area contributed by atoms with E-state index < -0.39 is 0 Å². The standard InChI is InChI=1S/C22H27N3O2/c1-16-19(20-7-3-4-8-21(20)25-16)13-15-24-22(26)23-14-5-6-17-9-11-18(27-2)12-10-17/h3-4,7-12,25H,5-6,13-15H2,1-2H3,(H2,23,24,26). The van der Waals surface area contributed by atoms with Crippen LogP contribution in [0.15, 0.2) is 48.5 Å². The molecule has 1 aromatic heterocycles. The van der Waals surface area contributed by atoms with E-state index in [1.807, 2.05) is 24.3 Å². The summed E-state index contributed by atoms with van der Waals surface area (Å²) < 4.78 is 5.15. The molecule has 0 atom stereocenters. The summed E-state index contributed by atoms with van der Waals surface area (Å²) in [7, 11) is 1.66. The number of rotatable bonds is 8. The van der Waals surface area contributed by atoms with Crippen molar-refractivity contribution in [3.05, 3.63) is 65.4 Å². The number of aromatic amines is 1. The Morgan fingerprint density at radius 3 is 2.52 bits per heavy atom. The molecule has 27 heavy (non-hydrogen) atoms. The first-order valence-corrected chi connectivity index (χ1v) is 9.38. The topological polar surface area (TPSA) is 66.2 Å². The third kappa shape index (κ3) is 5.03. The minimum absolute atomic E-state index is 0.109. The van der Waals surface area contributed by atoms with Gasteiger partial charge in [-0.3, -0.25) is 0 Å². The quantitative estimate of drug-likeness (QED) is 0.529. The highest BCUT2D eigenvalue weighted by molar-refractivity contribution is 5.84. The number of para-hydroxylation sites is 1. The van der Waals surface area contributed by atoms with Crippen molar-refractivity contribution in [2.75, 3.05) is 20.2 Å². The molecule has 2 aromatic carbocycles. The molecule has 3 aromatic rings. The number of aryl methyl sites for hydroxylation is 2. The number of hydrogen-bond acceptors (Lipinski definition) is 2. The summed E-state index contributed by atoms with van der Waals surface area (Å²) in [4.78, 5) is 15.4. The van der Waals surface area contributed by atoms with Gasteiger partial charge in [0, 0.05) is 29.7 Å². The Bertz CT molecular complexity index is 884. The summed E-state index contributed by atoms with van der Waals surface area (Å²) in [6.07, 6.45) is 2.65. The molecule has 142 valence electrons. The van der Waals surface area contributed by atoms with Gasteiger partial charge in [0.25, 0.3) is 0 Å². The molecule has 2 amide bonds. The van der Waals surface area contributed by atoms with Gasteiger partial charge in [-0.25, -0.2) is 4.79 Å². The van der Waals surface area contributed by atoms with E-state index in [4.69, 9.17) is 4.74 Å². The van der Waals surface area contributed by atoms with Crippen LogP contribution >= 0.6 is 0 Å². The Morgan fingerprint density at radius 2 is 1.74 bits per heavy atom. The number of aromatic nitrogens is 1. The first-order valence-electron chi connectivity index (χ1n) is 9.38. The van der Waals surface area contributed by atoms with Crippen molar-refractivity contribution in [2.45, 2.75) is 26.2 Å². The summed E-state index contributed by atoms with van der Waals surface area (Å²) in [5.74, 6) is 0.863. The molecule has 5 heteroatoms. The Morgan fingerprint density at radius 1 is 1.00 bits per heavy atom. The first-order chi connectivity index (χ1) is 13.2. The zero-order valence-corrected chi connectivity index (χ0v) is 16.0. The zero-order valence-electron chi connectivity index (χ0n) is 16.0. The highest BCUT2D eigenvalue weighted by atomic mass is 16.5. The highest BCUT2D eigenvalue weighted by Crippen LogP contribution is 2.21. The van der Waals surface area contributed by atoms with Crippen molar-refractivity contribution in [1.29, 1.82) is 0 Å². The van der Waals surface area contributed by atoms with Crippen molar-refractivity contribution < 1.29 is 9.53 Å². The van der Waals surface area contributed by atoms with Gasteiger partial charge in [0.2, 0.25) is 0 Å². The minimum atomic E-state index is -0.109. The van der Waals surface area contributed by atoms with Crippen LogP contribution in [0.1, 0.15) is 23.2 Å². The molecule has 0 saturated heterocycles. The number of fused-ring (bicyclic) bond motifs is 1. The number of carbonyl (C=O) groups is 1. The van der Waals surface area contributed by atoms with Crippen molar-refractivity contribution >= 4 is 16.9 Å². The van der Waals surface area contributed by atoms with E-state index in [0.717, 1.165) is 36.2 Å². The van der Waals surface area contributed by atoms with E-state index in [1.54, 1.807) is 7.11 Å². The molecule has 0 unspecified atom stereocenters. The molecule has 3 rings (SSSR count). The molecule has 0 spiro atoms. The van der Waals surface area contributed by atoms with Gasteiger partial charge >= 0.3 is 6.03 Å². The van der Waals surface area contributed by atoms with Crippen LogP contribution in [0.3, 0.4) is 0 Å². The molecule has 0 radical (unpaired) electrons. The van der Waals surface area contributed by atoms with Crippen LogP contribution in [0, 0.1) is 6.92 Å². The zero-order chi connectivity index (χ0) is 19.1. The van der Waals surface area contributed by atoms with E-state index >= 15 is 0 Å². The number of ether oxygens (including phenoxy) is 1. The van der Waals surface area contributed by atoms with Gasteiger partial charge in [0.05, 0.1) is 7.11 Å². The smallest absolute Gasteiger partial charge is 0.314 e. The van der Waals surface area contributed by atoms with Crippen LogP contribution < -0.4 is 15.4 Å². The van der Waals surface area contributed by atoms with Gasteiger partial charge in [0.1, 0.15) is 5.75 Å². The predicted molar refractivity (Wildman–Crippen MR) is 109 cm³/mol. The fourth-order valence-corrected chi connectivity index (χ4v) is 3.31. The Hall–Kier alpha value is -2.95. The molecule has 5 nitrogen and oxygen atoms in total. The van der Waals surface area contributed by atoms with Crippen LogP contribution in [-0.4, -0.2) is 31.2 Å². The maximum absolute atomic E-state index is 12.0. The van der Waals surface area contributed by atoms with Gasteiger partial charge < -0.3 is 20.4 Å². The predicted octanol–water partition coefficient (Wildman–Crippen LogP) is 3.96. The van der Waals surface area contributed by atoms with Gasteiger partial charge in [-0.1, -0.05) is 30.3 Å². The summed E-state index contributed by atoms with van der Waals surface area (Å²) in [5.41, 5.74) is 4.82. The fraction of sp³-hybridized carbons (Fsp3) is 0.318. The maximum atomic E-state index is 12.0. The average molecular weight is 365 g/mol. The summed E-state index contributed by atoms with van der Waals surface area (Å²) in [5, 5.41) is 7.10. The molecule has 0 aliphatic heterocycles. The molecule has 0 bridgehead atoms. The van der Waals surface area contributed by atoms with Gasteiger partial charge in [-0.2, -0.15) is 0 Å². The number of urea groups is 1. The van der Waals surface area contributed by atoms with Gasteiger partial charge in [-0.05, 0) is 55.5 Å². The molecule has 0 aliphatic rings. The number of nitrogens with one attached hydrogen (secondary N) is 3. The van der Waals surface area contributed by atoms with Gasteiger partial charge in [0.15, 0.2) is 0 Å². The lowest BCUT2D eigenvalue weighted by atomic mass is 10.1. The fourth-order valence-electron chi connectivity index (χ4n) is 3.31. The van der Waals surface area contributed by atoms with E-state index in [2.05, 4.69) is 46.8 Å². The molecule has 0 saturated carbocycles. The average Bonchev–Trinajstić information content (AvgIpc) is 3.01. The van der Waals surface area contributed by atoms with Crippen LogP contribution in [0.5, 0.6) is 5.75 Å². The third-order valence-corrected chi connectivity index (χ3v) is 4.77. The van der Waals surface area contributed by atoms with E-state index in [-0.39, 0.29) is 6.03 Å². The number of methoxy groups -OCH3 is 1. The molecular weight excluding hydrogens is 338 g/mol. The molecular formula is C22H27N3O2. The number of hydrogen-bond donors (Lipinski definition) is 3. The first kappa shape index (κ1) is 18.8. The Balaban J connectivity index is 1.36. The summed E-state index contributed by atoms with van der Waals surface area (Å²) in [6, 6.07) is 16.2. The lowest BCUT2D eigenvalue weighted by Gasteiger charge is -2.08. The van der Waals surface area contributed by atoms with Gasteiger partial charge in [-0.15, -0.1) is 0 Å². The van der Waals surface area contributed by atoms with Crippen molar-refractivity contribution in [2.24, 2.45) is 0 Å². The Labute approximate surface area is 160 Å². The van der Waals surface area contributed by atoms with Crippen LogP contribution in [0.2, 0.25) is 0 Å². The SMILES string of the molecule is COc1ccc(CCCNC(=O)NCCc2c(C)[nH]c3ccccc23)cc1. The monoisotopic (exact) mass is 365 g/mol. The van der Waals surface area contributed by atoms with Crippen molar-refractivity contribution in [3.8, 4) is 5.75 Å². The second kappa shape index (κ2) is 9.12. The van der Waals surface area contributed by atoms with E-state index in [0.29, 0.717) is 13.1 Å². The van der Waals surface area contributed by atoms with Crippen molar-refractivity contribution in [3.63, 3.8) is 0 Å². The highest BCUT2D eigenvalue weighted by Gasteiger charge is 2.08. The summed E-state index contributed by atoms with van der Waals surface area (Å²) in [6.45, 7) is 3.35. The largest absolute Gasteiger partial charge is 0.497 e. The van der Waals surface area contributed by atoms with Crippen LogP contribution in [0.25, 0.3) is 10.9 Å². The molecule has 0 aliphatic carbocycles. The minimum Gasteiger partial charge on any atom is -0.497 e. The van der Waals surface area contributed by atoms with Crippen molar-refractivity contribution in [1.82, 2.24) is 15.6 Å². The van der Waals surface area contributed by atoms with E-state index in [1.165, 1.54) is 16.5 Å². The maximum Gasteiger partial charge on any atom is 0.314 e. The second-order valence-electron chi connectivity index (χ2n) is 6.66.